The van der Waals surface area contributed by atoms with Crippen molar-refractivity contribution in [2.24, 2.45) is 0 Å². The Morgan fingerprint density at radius 1 is 0.905 bits per heavy atom. The van der Waals surface area contributed by atoms with Gasteiger partial charge in [0.25, 0.3) is 0 Å². The number of hydrogen-bond donors (Lipinski definition) is 0. The Morgan fingerprint density at radius 3 is 1.62 bits per heavy atom. The van der Waals surface area contributed by atoms with Crippen molar-refractivity contribution in [3.05, 3.63) is 35.0 Å². The van der Waals surface area contributed by atoms with Crippen molar-refractivity contribution in [2.75, 3.05) is 0 Å². The zero-order valence-electron chi connectivity index (χ0n) is 12.7. The maximum absolute atomic E-state index is 11.9. The van der Waals surface area contributed by atoms with Crippen LogP contribution in [-0.2, 0) is 6.18 Å². The Bertz CT molecular complexity index is 557. The van der Waals surface area contributed by atoms with E-state index in [4.69, 9.17) is 4.52 Å². The highest BCUT2D eigenvalue weighted by Crippen LogP contribution is 2.30. The fraction of sp³-hybridized carbons (Fsp3) is 0.571. The predicted octanol–water partition coefficient (Wildman–Crippen LogP) is 4.92. The zero-order chi connectivity index (χ0) is 16.2. The zero-order valence-corrected chi connectivity index (χ0v) is 12.7. The minimum Gasteiger partial charge on any atom is -0.361 e. The van der Waals surface area contributed by atoms with Crippen molar-refractivity contribution in [3.8, 4) is 0 Å². The molecule has 0 saturated carbocycles. The van der Waals surface area contributed by atoms with E-state index < -0.39 is 11.9 Å². The summed E-state index contributed by atoms with van der Waals surface area (Å²) < 4.78 is 44.8. The van der Waals surface area contributed by atoms with Crippen molar-refractivity contribution in [1.29, 1.82) is 0 Å². The van der Waals surface area contributed by atoms with Gasteiger partial charge in [0.2, 0.25) is 5.76 Å². The average Bonchev–Trinajstić information content (AvgIpc) is 2.96. The van der Waals surface area contributed by atoms with E-state index in [0.29, 0.717) is 11.6 Å². The normalized spacial score (nSPS) is 11.7. The molecule has 0 saturated heterocycles. The average molecular weight is 304 g/mol. The van der Waals surface area contributed by atoms with Crippen LogP contribution in [0.15, 0.2) is 21.2 Å². The third kappa shape index (κ3) is 5.24. The maximum Gasteiger partial charge on any atom is 0.452 e. The number of aromatic nitrogens is 2. The molecule has 0 aliphatic rings. The van der Waals surface area contributed by atoms with Crippen LogP contribution in [0.4, 0.5) is 13.2 Å². The molecule has 0 aliphatic heterocycles. The van der Waals surface area contributed by atoms with Crippen LogP contribution in [0.25, 0.3) is 0 Å². The second kappa shape index (κ2) is 6.78. The molecule has 0 amide bonds. The van der Waals surface area contributed by atoms with E-state index in [0.717, 1.165) is 17.5 Å². The summed E-state index contributed by atoms with van der Waals surface area (Å²) in [5.41, 5.74) is 1.36. The molecule has 7 heteroatoms. The van der Waals surface area contributed by atoms with E-state index in [1.54, 1.807) is 13.8 Å². The minimum absolute atomic E-state index is 0.0511. The van der Waals surface area contributed by atoms with Crippen LogP contribution in [0.2, 0.25) is 0 Å². The van der Waals surface area contributed by atoms with Gasteiger partial charge in [-0.3, -0.25) is 0 Å². The van der Waals surface area contributed by atoms with Gasteiger partial charge in [0.05, 0.1) is 11.4 Å². The Kier molecular flexibility index (Phi) is 5.57. The number of halogens is 3. The number of nitrogens with zero attached hydrogens (tertiary/aromatic N) is 2. The Morgan fingerprint density at radius 2 is 1.38 bits per heavy atom. The fourth-order valence-electron chi connectivity index (χ4n) is 1.35. The molecular weight excluding hydrogens is 285 g/mol. The van der Waals surface area contributed by atoms with Gasteiger partial charge in [-0.1, -0.05) is 38.0 Å². The molecule has 0 unspecified atom stereocenters. The molecule has 0 aromatic carbocycles. The van der Waals surface area contributed by atoms with Gasteiger partial charge in [-0.2, -0.15) is 13.2 Å². The first kappa shape index (κ1) is 17.3. The molecule has 0 spiro atoms. The molecule has 2 rings (SSSR count). The number of alkyl halides is 3. The molecule has 4 nitrogen and oxygen atoms in total. The van der Waals surface area contributed by atoms with Crippen molar-refractivity contribution in [1.82, 2.24) is 10.3 Å². The first-order chi connectivity index (χ1) is 9.61. The second-order valence-corrected chi connectivity index (χ2v) is 5.29. The van der Waals surface area contributed by atoms with Crippen molar-refractivity contribution >= 4 is 0 Å². The second-order valence-electron chi connectivity index (χ2n) is 5.29. The highest BCUT2D eigenvalue weighted by Gasteiger charge is 2.36. The smallest absolute Gasteiger partial charge is 0.361 e. The largest absolute Gasteiger partial charge is 0.452 e. The van der Waals surface area contributed by atoms with Crippen LogP contribution in [0.3, 0.4) is 0 Å². The van der Waals surface area contributed by atoms with Crippen LogP contribution < -0.4 is 0 Å². The lowest BCUT2D eigenvalue weighted by atomic mass is 10.1. The van der Waals surface area contributed by atoms with Gasteiger partial charge >= 0.3 is 6.18 Å². The molecule has 118 valence electrons. The van der Waals surface area contributed by atoms with Gasteiger partial charge in [-0.05, 0) is 18.8 Å². The van der Waals surface area contributed by atoms with Gasteiger partial charge in [-0.15, -0.1) is 0 Å². The standard InChI is InChI=1S/C7H8F3NO.C7H11NO/c1-4(2)5-3-6(12-11-5)7(8,9)10;1-5(2)7-4-6(3)9-8-7/h3-4H,1-2H3;4-5H,1-3H3. The molecule has 0 aliphatic carbocycles. The molecule has 0 atom stereocenters. The summed E-state index contributed by atoms with van der Waals surface area (Å²) in [5, 5.41) is 7.13. The van der Waals surface area contributed by atoms with Gasteiger partial charge < -0.3 is 9.05 Å². The number of aryl methyl sites for hydroxylation is 1. The van der Waals surface area contributed by atoms with E-state index in [9.17, 15) is 13.2 Å². The summed E-state index contributed by atoms with van der Waals surface area (Å²) in [6, 6.07) is 2.88. The first-order valence-corrected chi connectivity index (χ1v) is 6.58. The number of hydrogen-bond acceptors (Lipinski definition) is 4. The molecule has 0 N–H and O–H groups in total. The fourth-order valence-corrected chi connectivity index (χ4v) is 1.35. The lowest BCUT2D eigenvalue weighted by molar-refractivity contribution is -0.155. The van der Waals surface area contributed by atoms with E-state index in [1.165, 1.54) is 0 Å². The third-order valence-electron chi connectivity index (χ3n) is 2.64. The van der Waals surface area contributed by atoms with Gasteiger partial charge in [-0.25, -0.2) is 0 Å². The highest BCUT2D eigenvalue weighted by atomic mass is 19.4. The Balaban J connectivity index is 0.000000219. The molecule has 2 heterocycles. The van der Waals surface area contributed by atoms with Crippen molar-refractivity contribution in [2.45, 2.75) is 52.6 Å². The van der Waals surface area contributed by atoms with Gasteiger partial charge in [0.1, 0.15) is 5.76 Å². The van der Waals surface area contributed by atoms with E-state index >= 15 is 0 Å². The molecule has 0 radical (unpaired) electrons. The molecule has 0 fully saturated rings. The topological polar surface area (TPSA) is 52.1 Å². The summed E-state index contributed by atoms with van der Waals surface area (Å²) in [5.74, 6) is 0.275. The molecular formula is C14H19F3N2O2. The van der Waals surface area contributed by atoms with Gasteiger partial charge in [0, 0.05) is 12.1 Å². The van der Waals surface area contributed by atoms with E-state index in [-0.39, 0.29) is 5.92 Å². The van der Waals surface area contributed by atoms with E-state index in [2.05, 4.69) is 28.7 Å². The predicted molar refractivity (Wildman–Crippen MR) is 70.9 cm³/mol. The quantitative estimate of drug-likeness (QED) is 0.790. The Hall–Kier alpha value is -1.79. The van der Waals surface area contributed by atoms with Crippen LogP contribution in [0.5, 0.6) is 0 Å². The Labute approximate surface area is 121 Å². The minimum atomic E-state index is -4.43. The van der Waals surface area contributed by atoms with E-state index in [1.807, 2.05) is 13.0 Å². The lowest BCUT2D eigenvalue weighted by Crippen LogP contribution is -2.02. The molecule has 0 bridgehead atoms. The van der Waals surface area contributed by atoms with Crippen LogP contribution in [0, 0.1) is 6.92 Å². The summed E-state index contributed by atoms with van der Waals surface area (Å²) in [6.45, 7) is 9.59. The number of rotatable bonds is 2. The molecule has 2 aromatic rings. The lowest BCUT2D eigenvalue weighted by Gasteiger charge is -1.97. The van der Waals surface area contributed by atoms with Crippen LogP contribution in [-0.4, -0.2) is 10.3 Å². The highest BCUT2D eigenvalue weighted by molar-refractivity contribution is 5.11. The first-order valence-electron chi connectivity index (χ1n) is 6.58. The van der Waals surface area contributed by atoms with Gasteiger partial charge in [0.15, 0.2) is 0 Å². The van der Waals surface area contributed by atoms with Crippen LogP contribution >= 0.6 is 0 Å². The summed E-state index contributed by atoms with van der Waals surface area (Å²) in [6.07, 6.45) is -4.43. The summed E-state index contributed by atoms with van der Waals surface area (Å²) >= 11 is 0. The molecule has 21 heavy (non-hydrogen) atoms. The third-order valence-corrected chi connectivity index (χ3v) is 2.64. The monoisotopic (exact) mass is 304 g/mol. The maximum atomic E-state index is 11.9. The van der Waals surface area contributed by atoms with Crippen LogP contribution in [0.1, 0.15) is 62.4 Å². The summed E-state index contributed by atoms with van der Waals surface area (Å²) in [7, 11) is 0. The van der Waals surface area contributed by atoms with Crippen molar-refractivity contribution in [3.63, 3.8) is 0 Å². The SMILES string of the molecule is CC(C)c1cc(C(F)(F)F)on1.Cc1cc(C(C)C)no1. The summed E-state index contributed by atoms with van der Waals surface area (Å²) in [4.78, 5) is 0. The van der Waals surface area contributed by atoms with Crippen molar-refractivity contribution < 1.29 is 22.2 Å². The molecule has 2 aromatic heterocycles.